The highest BCUT2D eigenvalue weighted by Crippen LogP contribution is 2.21. The van der Waals surface area contributed by atoms with E-state index in [1.807, 2.05) is 24.3 Å². The van der Waals surface area contributed by atoms with Crippen LogP contribution < -0.4 is 0 Å². The van der Waals surface area contributed by atoms with Crippen molar-refractivity contribution in [1.29, 1.82) is 5.26 Å². The number of nitrogens with zero attached hydrogens (tertiary/aromatic N) is 1. The molecule has 3 nitrogen and oxygen atoms in total. The van der Waals surface area contributed by atoms with Crippen LogP contribution in [0.1, 0.15) is 44.2 Å². The highest BCUT2D eigenvalue weighted by molar-refractivity contribution is 5.71. The van der Waals surface area contributed by atoms with E-state index < -0.39 is 5.92 Å². The highest BCUT2D eigenvalue weighted by Gasteiger charge is 2.16. The molecule has 0 saturated carbocycles. The minimum absolute atomic E-state index is 0.119. The zero-order valence-electron chi connectivity index (χ0n) is 11.8. The first-order valence-corrected chi connectivity index (χ1v) is 6.70. The molecule has 0 aliphatic carbocycles. The lowest BCUT2D eigenvalue weighted by atomic mass is 9.94. The Morgan fingerprint density at radius 1 is 1.32 bits per heavy atom. The fourth-order valence-corrected chi connectivity index (χ4v) is 1.98. The zero-order valence-corrected chi connectivity index (χ0v) is 11.8. The van der Waals surface area contributed by atoms with Gasteiger partial charge in [0.2, 0.25) is 0 Å². The Morgan fingerprint density at radius 2 is 1.95 bits per heavy atom. The molecule has 102 valence electrons. The third kappa shape index (κ3) is 5.13. The van der Waals surface area contributed by atoms with Gasteiger partial charge in [-0.25, -0.2) is 0 Å². The van der Waals surface area contributed by atoms with Crippen LogP contribution in [0.4, 0.5) is 0 Å². The molecule has 19 heavy (non-hydrogen) atoms. The van der Waals surface area contributed by atoms with E-state index in [9.17, 15) is 4.79 Å². The van der Waals surface area contributed by atoms with Crippen LogP contribution in [0, 0.1) is 17.2 Å². The zero-order chi connectivity index (χ0) is 14.3. The topological polar surface area (TPSA) is 50.1 Å². The van der Waals surface area contributed by atoms with E-state index in [1.54, 1.807) is 6.92 Å². The van der Waals surface area contributed by atoms with E-state index in [4.69, 9.17) is 10.00 Å². The summed E-state index contributed by atoms with van der Waals surface area (Å²) in [7, 11) is 0. The summed E-state index contributed by atoms with van der Waals surface area (Å²) in [5, 5.41) is 9.15. The minimum Gasteiger partial charge on any atom is -0.466 e. The lowest BCUT2D eigenvalue weighted by Gasteiger charge is -2.10. The molecule has 0 saturated heterocycles. The van der Waals surface area contributed by atoms with Gasteiger partial charge in [-0.15, -0.1) is 0 Å². The van der Waals surface area contributed by atoms with E-state index in [2.05, 4.69) is 19.9 Å². The van der Waals surface area contributed by atoms with Crippen LogP contribution in [-0.4, -0.2) is 12.6 Å². The summed E-state index contributed by atoms with van der Waals surface area (Å²) in [6.07, 6.45) is 1.14. The number of ether oxygens (including phenoxy) is 1. The quantitative estimate of drug-likeness (QED) is 0.735. The molecule has 0 heterocycles. The number of carbonyl (C=O) groups excluding carboxylic acids is 1. The Bertz CT molecular complexity index is 443. The van der Waals surface area contributed by atoms with Crippen LogP contribution in [0.25, 0.3) is 0 Å². The molecule has 0 fully saturated rings. The first-order valence-electron chi connectivity index (χ1n) is 6.70. The van der Waals surface area contributed by atoms with Crippen molar-refractivity contribution in [2.45, 2.75) is 39.5 Å². The van der Waals surface area contributed by atoms with Crippen molar-refractivity contribution in [3.8, 4) is 6.07 Å². The van der Waals surface area contributed by atoms with Gasteiger partial charge in [0.15, 0.2) is 0 Å². The van der Waals surface area contributed by atoms with Gasteiger partial charge >= 0.3 is 5.97 Å². The second-order valence-electron chi connectivity index (χ2n) is 5.03. The lowest BCUT2D eigenvalue weighted by Crippen LogP contribution is -2.09. The molecular weight excluding hydrogens is 238 g/mol. The monoisotopic (exact) mass is 259 g/mol. The first-order chi connectivity index (χ1) is 9.06. The van der Waals surface area contributed by atoms with Gasteiger partial charge in [0.05, 0.1) is 25.0 Å². The number of hydrogen-bond donors (Lipinski definition) is 0. The third-order valence-electron chi connectivity index (χ3n) is 2.86. The normalized spacial score (nSPS) is 11.9. The van der Waals surface area contributed by atoms with Gasteiger partial charge in [-0.05, 0) is 30.4 Å². The van der Waals surface area contributed by atoms with Gasteiger partial charge in [-0.2, -0.15) is 5.26 Å². The fourth-order valence-electron chi connectivity index (χ4n) is 1.98. The number of carbonyl (C=O) groups is 1. The van der Waals surface area contributed by atoms with Gasteiger partial charge in [0.1, 0.15) is 0 Å². The Hall–Kier alpha value is -1.82. The number of nitriles is 1. The summed E-state index contributed by atoms with van der Waals surface area (Å²) in [6, 6.07) is 10.1. The molecular formula is C16H21NO2. The molecule has 0 bridgehead atoms. The molecule has 0 unspecified atom stereocenters. The molecule has 0 aliphatic heterocycles. The number of rotatable bonds is 6. The van der Waals surface area contributed by atoms with Crippen LogP contribution >= 0.6 is 0 Å². The Morgan fingerprint density at radius 3 is 2.42 bits per heavy atom. The molecule has 1 aromatic rings. The molecule has 0 aliphatic rings. The van der Waals surface area contributed by atoms with Gasteiger partial charge in [-0.1, -0.05) is 38.1 Å². The van der Waals surface area contributed by atoms with Crippen molar-refractivity contribution in [3.05, 3.63) is 35.4 Å². The second-order valence-corrected chi connectivity index (χ2v) is 5.03. The third-order valence-corrected chi connectivity index (χ3v) is 2.86. The predicted octanol–water partition coefficient (Wildman–Crippen LogP) is 3.45. The van der Waals surface area contributed by atoms with Crippen molar-refractivity contribution in [2.24, 2.45) is 5.92 Å². The van der Waals surface area contributed by atoms with Crippen molar-refractivity contribution < 1.29 is 9.53 Å². The molecule has 1 atom stereocenters. The van der Waals surface area contributed by atoms with E-state index in [1.165, 1.54) is 5.56 Å². The Kier molecular flexibility index (Phi) is 6.08. The van der Waals surface area contributed by atoms with Gasteiger partial charge < -0.3 is 4.74 Å². The van der Waals surface area contributed by atoms with Crippen molar-refractivity contribution >= 4 is 5.97 Å². The Balaban J connectivity index is 2.72. The maximum absolute atomic E-state index is 11.4. The fraction of sp³-hybridized carbons (Fsp3) is 0.500. The first kappa shape index (κ1) is 15.2. The number of benzene rings is 1. The molecule has 1 aromatic carbocycles. The maximum Gasteiger partial charge on any atom is 0.307 e. The van der Waals surface area contributed by atoms with E-state index >= 15 is 0 Å². The number of esters is 1. The van der Waals surface area contributed by atoms with Crippen LogP contribution in [0.3, 0.4) is 0 Å². The molecule has 3 heteroatoms. The molecule has 0 aromatic heterocycles. The summed E-state index contributed by atoms with van der Waals surface area (Å²) in [6.45, 7) is 6.46. The largest absolute Gasteiger partial charge is 0.466 e. The Labute approximate surface area is 115 Å². The standard InChI is InChI=1S/C16H21NO2/c1-4-19-16(18)10-15(11-17)14-7-5-13(6-8-14)9-12(2)3/h5-8,12,15H,4,9-10H2,1-3H3/t15-/m1/s1. The minimum atomic E-state index is -0.424. The van der Waals surface area contributed by atoms with Gasteiger partial charge in [0, 0.05) is 0 Å². The van der Waals surface area contributed by atoms with Crippen molar-refractivity contribution in [1.82, 2.24) is 0 Å². The molecule has 0 amide bonds. The summed E-state index contributed by atoms with van der Waals surface area (Å²) in [5.74, 6) is -0.135. The second kappa shape index (κ2) is 7.58. The summed E-state index contributed by atoms with van der Waals surface area (Å²) < 4.78 is 4.88. The molecule has 1 rings (SSSR count). The van der Waals surface area contributed by atoms with Crippen molar-refractivity contribution in [2.75, 3.05) is 6.61 Å². The van der Waals surface area contributed by atoms with Crippen molar-refractivity contribution in [3.63, 3.8) is 0 Å². The van der Waals surface area contributed by atoms with Gasteiger partial charge in [0.25, 0.3) is 0 Å². The summed E-state index contributed by atoms with van der Waals surface area (Å²) >= 11 is 0. The average molecular weight is 259 g/mol. The molecule has 0 radical (unpaired) electrons. The van der Waals surface area contributed by atoms with E-state index in [0.29, 0.717) is 12.5 Å². The smallest absolute Gasteiger partial charge is 0.307 e. The van der Waals surface area contributed by atoms with E-state index in [0.717, 1.165) is 12.0 Å². The average Bonchev–Trinajstić information content (AvgIpc) is 2.37. The van der Waals surface area contributed by atoms with Crippen LogP contribution in [0.2, 0.25) is 0 Å². The van der Waals surface area contributed by atoms with E-state index in [-0.39, 0.29) is 12.4 Å². The SMILES string of the molecule is CCOC(=O)C[C@H](C#N)c1ccc(CC(C)C)cc1. The number of hydrogen-bond acceptors (Lipinski definition) is 3. The lowest BCUT2D eigenvalue weighted by molar-refractivity contribution is -0.143. The molecule has 0 N–H and O–H groups in total. The predicted molar refractivity (Wildman–Crippen MR) is 74.6 cm³/mol. The van der Waals surface area contributed by atoms with Crippen LogP contribution in [0.15, 0.2) is 24.3 Å². The van der Waals surface area contributed by atoms with Gasteiger partial charge in [-0.3, -0.25) is 4.79 Å². The summed E-state index contributed by atoms with van der Waals surface area (Å²) in [4.78, 5) is 11.4. The van der Waals surface area contributed by atoms with Crippen LogP contribution in [0.5, 0.6) is 0 Å². The highest BCUT2D eigenvalue weighted by atomic mass is 16.5. The summed E-state index contributed by atoms with van der Waals surface area (Å²) in [5.41, 5.74) is 2.13. The maximum atomic E-state index is 11.4. The van der Waals surface area contributed by atoms with Crippen LogP contribution in [-0.2, 0) is 16.0 Å². The molecule has 0 spiro atoms.